The second-order valence-corrected chi connectivity index (χ2v) is 9.22. The van der Waals surface area contributed by atoms with E-state index in [0.717, 1.165) is 22.3 Å². The molecule has 1 heterocycles. The summed E-state index contributed by atoms with van der Waals surface area (Å²) < 4.78 is 11.8. The zero-order chi connectivity index (χ0) is 26.2. The van der Waals surface area contributed by atoms with Crippen LogP contribution >= 0.6 is 11.6 Å². The molecule has 4 rings (SSSR count). The predicted molar refractivity (Wildman–Crippen MR) is 141 cm³/mol. The predicted octanol–water partition coefficient (Wildman–Crippen LogP) is 4.68. The van der Waals surface area contributed by atoms with Crippen molar-refractivity contribution in [1.29, 1.82) is 0 Å². The fourth-order valence-corrected chi connectivity index (χ4v) is 4.49. The summed E-state index contributed by atoms with van der Waals surface area (Å²) in [6, 6.07) is 23.0. The van der Waals surface area contributed by atoms with Crippen LogP contribution in [0.4, 0.5) is 0 Å². The number of oxime groups is 1. The van der Waals surface area contributed by atoms with Crippen LogP contribution in [0.3, 0.4) is 0 Å². The Balaban J connectivity index is 1.42. The molecule has 0 aliphatic carbocycles. The van der Waals surface area contributed by atoms with Crippen LogP contribution in [0.15, 0.2) is 83.1 Å². The molecule has 194 valence electrons. The van der Waals surface area contributed by atoms with E-state index in [2.05, 4.69) is 10.3 Å². The van der Waals surface area contributed by atoms with Crippen molar-refractivity contribution in [3.63, 3.8) is 0 Å². The molecule has 1 fully saturated rings. The van der Waals surface area contributed by atoms with Gasteiger partial charge >= 0.3 is 0 Å². The monoisotopic (exact) mass is 524 g/mol. The molecule has 0 bridgehead atoms. The van der Waals surface area contributed by atoms with E-state index in [1.165, 1.54) is 7.11 Å². The van der Waals surface area contributed by atoms with E-state index in [-0.39, 0.29) is 19.6 Å². The van der Waals surface area contributed by atoms with Crippen molar-refractivity contribution in [3.8, 4) is 5.75 Å². The summed E-state index contributed by atoms with van der Waals surface area (Å²) >= 11 is 6.48. The van der Waals surface area contributed by atoms with Crippen LogP contribution in [0.2, 0.25) is 5.02 Å². The fraction of sp³-hybridized carbons (Fsp3) is 0.321. The van der Waals surface area contributed by atoms with Crippen LogP contribution in [-0.4, -0.2) is 54.5 Å². The van der Waals surface area contributed by atoms with Crippen LogP contribution in [0, 0.1) is 4.91 Å². The second kappa shape index (κ2) is 12.8. The van der Waals surface area contributed by atoms with E-state index in [4.69, 9.17) is 25.9 Å². The molecular weight excluding hydrogens is 496 g/mol. The van der Waals surface area contributed by atoms with Gasteiger partial charge < -0.3 is 24.5 Å². The van der Waals surface area contributed by atoms with Crippen molar-refractivity contribution < 1.29 is 24.5 Å². The molecule has 37 heavy (non-hydrogen) atoms. The zero-order valence-corrected chi connectivity index (χ0v) is 21.1. The minimum Gasteiger partial charge on any atom is -0.487 e. The van der Waals surface area contributed by atoms with Gasteiger partial charge in [0.15, 0.2) is 0 Å². The van der Waals surface area contributed by atoms with Crippen LogP contribution in [-0.2, 0) is 16.0 Å². The van der Waals surface area contributed by atoms with Gasteiger partial charge in [0.25, 0.3) is 0 Å². The van der Waals surface area contributed by atoms with E-state index in [1.807, 2.05) is 66.7 Å². The van der Waals surface area contributed by atoms with Crippen molar-refractivity contribution in [2.75, 3.05) is 20.3 Å². The van der Waals surface area contributed by atoms with E-state index in [0.29, 0.717) is 22.9 Å². The standard InChI is InChI=1S/C28H29ClN2O6/c1-35-31-24(19-5-3-2-4-6-19)17-36-22-10-7-18(8-11-22)13-21-14-20(9-12-23(21)29)26-15-25(32)28(33)27(37-26)16-30-34/h2-12,14,25-28,32-33H,13,15-17H2,1H3/b31-24-/t25?,26?,27?,28-/m0/s1. The van der Waals surface area contributed by atoms with Gasteiger partial charge in [-0.2, -0.15) is 4.91 Å². The number of hydrogen-bond acceptors (Lipinski definition) is 8. The van der Waals surface area contributed by atoms with Crippen LogP contribution < -0.4 is 4.74 Å². The Kier molecular flexibility index (Phi) is 9.24. The van der Waals surface area contributed by atoms with Crippen molar-refractivity contribution in [3.05, 3.63) is 105 Å². The number of halogens is 1. The van der Waals surface area contributed by atoms with Gasteiger partial charge in [-0.15, -0.1) is 0 Å². The van der Waals surface area contributed by atoms with Gasteiger partial charge in [0, 0.05) is 17.0 Å². The maximum Gasteiger partial charge on any atom is 0.134 e. The van der Waals surface area contributed by atoms with Gasteiger partial charge in [-0.25, -0.2) is 0 Å². The Morgan fingerprint density at radius 2 is 1.84 bits per heavy atom. The molecule has 1 aliphatic rings. The summed E-state index contributed by atoms with van der Waals surface area (Å²) in [4.78, 5) is 15.7. The van der Waals surface area contributed by atoms with E-state index < -0.39 is 24.4 Å². The molecule has 0 saturated carbocycles. The molecule has 0 radical (unpaired) electrons. The molecular formula is C28H29ClN2O6. The Morgan fingerprint density at radius 1 is 1.08 bits per heavy atom. The highest BCUT2D eigenvalue weighted by atomic mass is 35.5. The second-order valence-electron chi connectivity index (χ2n) is 8.82. The Morgan fingerprint density at radius 3 is 2.54 bits per heavy atom. The Bertz CT molecular complexity index is 1210. The summed E-state index contributed by atoms with van der Waals surface area (Å²) in [7, 11) is 1.50. The average molecular weight is 525 g/mol. The summed E-state index contributed by atoms with van der Waals surface area (Å²) in [5.41, 5.74) is 4.34. The molecule has 1 aliphatic heterocycles. The molecule has 4 atom stereocenters. The lowest BCUT2D eigenvalue weighted by Gasteiger charge is -2.36. The van der Waals surface area contributed by atoms with Crippen molar-refractivity contribution in [2.24, 2.45) is 10.3 Å². The van der Waals surface area contributed by atoms with Gasteiger partial charge in [-0.3, -0.25) is 0 Å². The van der Waals surface area contributed by atoms with E-state index in [1.54, 1.807) is 6.07 Å². The lowest BCUT2D eigenvalue weighted by Crippen LogP contribution is -2.46. The number of benzene rings is 3. The molecule has 3 aromatic carbocycles. The highest BCUT2D eigenvalue weighted by molar-refractivity contribution is 6.31. The van der Waals surface area contributed by atoms with Gasteiger partial charge in [0.2, 0.25) is 0 Å². The van der Waals surface area contributed by atoms with Gasteiger partial charge in [0.05, 0.1) is 12.2 Å². The Hall–Kier alpha value is -3.30. The van der Waals surface area contributed by atoms with Crippen LogP contribution in [0.25, 0.3) is 0 Å². The molecule has 9 heteroatoms. The van der Waals surface area contributed by atoms with Crippen molar-refractivity contribution in [2.45, 2.75) is 37.3 Å². The van der Waals surface area contributed by atoms with E-state index in [9.17, 15) is 15.1 Å². The largest absolute Gasteiger partial charge is 0.487 e. The SMILES string of the molecule is CO/N=C(/COc1ccc(Cc2cc(C3CC(O)[C@H](O)C(CN=O)O3)ccc2Cl)cc1)c1ccccc1. The first-order valence-electron chi connectivity index (χ1n) is 11.9. The zero-order valence-electron chi connectivity index (χ0n) is 20.4. The quantitative estimate of drug-likeness (QED) is 0.226. The molecule has 8 nitrogen and oxygen atoms in total. The normalized spacial score (nSPS) is 21.9. The number of aliphatic hydroxyl groups is 2. The number of ether oxygens (including phenoxy) is 2. The lowest BCUT2D eigenvalue weighted by molar-refractivity contribution is -0.166. The van der Waals surface area contributed by atoms with Gasteiger partial charge in [-0.1, -0.05) is 76.5 Å². The molecule has 0 aromatic heterocycles. The van der Waals surface area contributed by atoms with Gasteiger partial charge in [-0.05, 0) is 41.3 Å². The first kappa shape index (κ1) is 26.8. The number of rotatable bonds is 10. The average Bonchev–Trinajstić information content (AvgIpc) is 2.91. The molecule has 0 spiro atoms. The van der Waals surface area contributed by atoms with Crippen molar-refractivity contribution in [1.82, 2.24) is 0 Å². The smallest absolute Gasteiger partial charge is 0.134 e. The van der Waals surface area contributed by atoms with Crippen LogP contribution in [0.1, 0.15) is 34.8 Å². The molecule has 2 N–H and O–H groups in total. The van der Waals surface area contributed by atoms with Crippen LogP contribution in [0.5, 0.6) is 5.75 Å². The third kappa shape index (κ3) is 6.93. The maximum absolute atomic E-state index is 10.7. The maximum atomic E-state index is 10.7. The molecule has 0 amide bonds. The minimum absolute atomic E-state index is 0.209. The minimum atomic E-state index is -1.15. The number of nitroso groups, excluding NO2 is 1. The number of aliphatic hydroxyl groups excluding tert-OH is 2. The molecule has 3 aromatic rings. The molecule has 1 saturated heterocycles. The Labute approximate surface area is 220 Å². The highest BCUT2D eigenvalue weighted by Gasteiger charge is 2.37. The fourth-order valence-electron chi connectivity index (χ4n) is 4.30. The number of hydrogen-bond donors (Lipinski definition) is 2. The van der Waals surface area contributed by atoms with Gasteiger partial charge in [0.1, 0.15) is 43.9 Å². The topological polar surface area (TPSA) is 110 Å². The highest BCUT2D eigenvalue weighted by Crippen LogP contribution is 2.34. The summed E-state index contributed by atoms with van der Waals surface area (Å²) in [5, 5.41) is 27.8. The lowest BCUT2D eigenvalue weighted by atomic mass is 9.92. The summed E-state index contributed by atoms with van der Waals surface area (Å²) in [6.45, 7) is 0.0292. The molecule has 3 unspecified atom stereocenters. The summed E-state index contributed by atoms with van der Waals surface area (Å²) in [6.07, 6.45) is -2.70. The first-order valence-corrected chi connectivity index (χ1v) is 12.3. The third-order valence-electron chi connectivity index (χ3n) is 6.27. The summed E-state index contributed by atoms with van der Waals surface area (Å²) in [5.74, 6) is 0.696. The van der Waals surface area contributed by atoms with E-state index >= 15 is 0 Å². The van der Waals surface area contributed by atoms with Crippen molar-refractivity contribution >= 4 is 17.3 Å². The number of nitrogens with zero attached hydrogens (tertiary/aromatic N) is 2. The third-order valence-corrected chi connectivity index (χ3v) is 6.64. The first-order chi connectivity index (χ1) is 18.0.